The fourth-order valence-electron chi connectivity index (χ4n) is 3.06. The number of aromatic nitrogens is 4. The summed E-state index contributed by atoms with van der Waals surface area (Å²) < 4.78 is 18.2. The van der Waals surface area contributed by atoms with Gasteiger partial charge in [-0.15, -0.1) is 0 Å². The number of hydrogen-bond acceptors (Lipinski definition) is 6. The summed E-state index contributed by atoms with van der Waals surface area (Å²) in [4.78, 5) is 14.4. The summed E-state index contributed by atoms with van der Waals surface area (Å²) in [5, 5.41) is 11.1. The Hall–Kier alpha value is -2.23. The van der Waals surface area contributed by atoms with Crippen LogP contribution in [-0.2, 0) is 21.3 Å². The lowest BCUT2D eigenvalue weighted by Gasteiger charge is -2.40. The maximum Gasteiger partial charge on any atom is 0.272 e. The molecule has 25 heavy (non-hydrogen) atoms. The van der Waals surface area contributed by atoms with Crippen molar-refractivity contribution in [3.8, 4) is 11.3 Å². The first-order valence-electron chi connectivity index (χ1n) is 8.00. The van der Waals surface area contributed by atoms with E-state index in [1.165, 1.54) is 0 Å². The number of nitrogens with zero attached hydrogens (tertiary/aromatic N) is 4. The number of rotatable bonds is 5. The molecule has 1 amide bonds. The molecule has 1 aliphatic rings. The van der Waals surface area contributed by atoms with E-state index >= 15 is 0 Å². The van der Waals surface area contributed by atoms with Crippen molar-refractivity contribution in [3.05, 3.63) is 24.2 Å². The van der Waals surface area contributed by atoms with Gasteiger partial charge in [0.25, 0.3) is 5.91 Å². The molecule has 3 rings (SSSR count). The van der Waals surface area contributed by atoms with Crippen molar-refractivity contribution in [1.82, 2.24) is 24.9 Å². The summed E-state index contributed by atoms with van der Waals surface area (Å²) in [7, 11) is 6.78. The van der Waals surface area contributed by atoms with Crippen LogP contribution in [0.5, 0.6) is 0 Å². The van der Waals surface area contributed by atoms with Gasteiger partial charge in [0.2, 0.25) is 0 Å². The van der Waals surface area contributed by atoms with Crippen LogP contribution < -0.4 is 0 Å². The van der Waals surface area contributed by atoms with Gasteiger partial charge < -0.3 is 19.1 Å². The lowest BCUT2D eigenvalue weighted by Crippen LogP contribution is -2.57. The molecule has 0 aromatic carbocycles. The number of methoxy groups -OCH3 is 2. The molecule has 1 fully saturated rings. The molecule has 0 unspecified atom stereocenters. The van der Waals surface area contributed by atoms with E-state index in [2.05, 4.69) is 15.3 Å². The van der Waals surface area contributed by atoms with Gasteiger partial charge in [-0.05, 0) is 6.07 Å². The van der Waals surface area contributed by atoms with Gasteiger partial charge in [-0.3, -0.25) is 14.6 Å². The van der Waals surface area contributed by atoms with E-state index < -0.39 is 0 Å². The molecular formula is C16H23N5O4. The minimum atomic E-state index is -0.256. The Bertz CT molecular complexity index is 728. The number of ether oxygens (including phenoxy) is 3. The third kappa shape index (κ3) is 3.44. The van der Waals surface area contributed by atoms with E-state index in [0.29, 0.717) is 24.6 Å². The molecule has 2 aromatic heterocycles. The SMILES string of the molecule is CO[C@H]1[C@H](N(C)C(=O)c2cc(-c3cnn(C)c3)n[nH]2)COC[C@H]1OC. The number of amides is 1. The van der Waals surface area contributed by atoms with Crippen LogP contribution in [0.4, 0.5) is 0 Å². The average Bonchev–Trinajstić information content (AvgIpc) is 3.28. The molecule has 0 saturated carbocycles. The Labute approximate surface area is 145 Å². The largest absolute Gasteiger partial charge is 0.376 e. The van der Waals surface area contributed by atoms with Crippen molar-refractivity contribution in [1.29, 1.82) is 0 Å². The van der Waals surface area contributed by atoms with E-state index in [9.17, 15) is 4.79 Å². The zero-order chi connectivity index (χ0) is 18.0. The molecule has 1 aliphatic heterocycles. The molecule has 136 valence electrons. The molecule has 1 N–H and O–H groups in total. The van der Waals surface area contributed by atoms with E-state index in [1.54, 1.807) is 43.1 Å². The van der Waals surface area contributed by atoms with Crippen LogP contribution >= 0.6 is 0 Å². The third-order valence-corrected chi connectivity index (χ3v) is 4.52. The Morgan fingerprint density at radius 2 is 2.20 bits per heavy atom. The van der Waals surface area contributed by atoms with Gasteiger partial charge in [-0.1, -0.05) is 0 Å². The fourth-order valence-corrected chi connectivity index (χ4v) is 3.06. The lowest BCUT2D eigenvalue weighted by molar-refractivity contribution is -0.147. The van der Waals surface area contributed by atoms with E-state index in [1.807, 2.05) is 13.2 Å². The fraction of sp³-hybridized carbons (Fsp3) is 0.562. The highest BCUT2D eigenvalue weighted by atomic mass is 16.6. The van der Waals surface area contributed by atoms with E-state index in [-0.39, 0.29) is 24.2 Å². The number of nitrogens with one attached hydrogen (secondary N) is 1. The summed E-state index contributed by atoms with van der Waals surface area (Å²) in [6.45, 7) is 0.840. The van der Waals surface area contributed by atoms with Crippen molar-refractivity contribution in [2.24, 2.45) is 7.05 Å². The Morgan fingerprint density at radius 1 is 1.40 bits per heavy atom. The topological polar surface area (TPSA) is 94.5 Å². The number of aryl methyl sites for hydroxylation is 1. The standard InChI is InChI=1S/C16H23N5O4/c1-20-7-10(6-17-20)11-5-12(19-18-11)16(22)21(2)13-8-25-9-14(23-3)15(13)24-4/h5-7,13-15H,8-9H2,1-4H3,(H,18,19)/t13-,14-,15+/m1/s1. The highest BCUT2D eigenvalue weighted by Gasteiger charge is 2.39. The van der Waals surface area contributed by atoms with Crippen LogP contribution in [-0.4, -0.2) is 83.5 Å². The molecule has 0 radical (unpaired) electrons. The van der Waals surface area contributed by atoms with E-state index in [4.69, 9.17) is 14.2 Å². The lowest BCUT2D eigenvalue weighted by atomic mass is 10.0. The first-order chi connectivity index (χ1) is 12.0. The number of carbonyl (C=O) groups is 1. The maximum atomic E-state index is 12.8. The number of carbonyl (C=O) groups excluding carboxylic acids is 1. The summed E-state index contributed by atoms with van der Waals surface area (Å²) in [6.07, 6.45) is 3.07. The molecule has 0 aliphatic carbocycles. The van der Waals surface area contributed by atoms with Crippen LogP contribution in [0.15, 0.2) is 18.5 Å². The second-order valence-corrected chi connectivity index (χ2v) is 6.06. The summed E-state index contributed by atoms with van der Waals surface area (Å²) >= 11 is 0. The van der Waals surface area contributed by atoms with Crippen LogP contribution in [0.25, 0.3) is 11.3 Å². The molecular weight excluding hydrogens is 326 g/mol. The number of aromatic amines is 1. The van der Waals surface area contributed by atoms with Gasteiger partial charge in [-0.2, -0.15) is 10.2 Å². The smallest absolute Gasteiger partial charge is 0.272 e. The van der Waals surface area contributed by atoms with Crippen molar-refractivity contribution in [2.75, 3.05) is 34.5 Å². The van der Waals surface area contributed by atoms with E-state index in [0.717, 1.165) is 5.56 Å². The molecule has 0 spiro atoms. The van der Waals surface area contributed by atoms with Gasteiger partial charge in [-0.25, -0.2) is 0 Å². The molecule has 2 aromatic rings. The van der Waals surface area contributed by atoms with Gasteiger partial charge in [0.05, 0.1) is 31.1 Å². The third-order valence-electron chi connectivity index (χ3n) is 4.52. The van der Waals surface area contributed by atoms with Gasteiger partial charge in [0.15, 0.2) is 0 Å². The van der Waals surface area contributed by atoms with Crippen molar-refractivity contribution >= 4 is 5.91 Å². The minimum absolute atomic E-state index is 0.185. The zero-order valence-corrected chi connectivity index (χ0v) is 14.8. The second kappa shape index (κ2) is 7.34. The van der Waals surface area contributed by atoms with Crippen LogP contribution in [0.2, 0.25) is 0 Å². The molecule has 1 saturated heterocycles. The quantitative estimate of drug-likeness (QED) is 0.835. The predicted octanol–water partition coefficient (Wildman–Crippen LogP) is 0.311. The number of likely N-dealkylation sites (N-methyl/N-ethyl adjacent to an activating group) is 1. The maximum absolute atomic E-state index is 12.8. The first kappa shape index (κ1) is 17.6. The zero-order valence-electron chi connectivity index (χ0n) is 14.8. The molecule has 0 bridgehead atoms. The summed E-state index contributed by atoms with van der Waals surface area (Å²) in [5.74, 6) is -0.185. The summed E-state index contributed by atoms with van der Waals surface area (Å²) in [5.41, 5.74) is 1.91. The summed E-state index contributed by atoms with van der Waals surface area (Å²) in [6, 6.07) is 1.47. The van der Waals surface area contributed by atoms with Gasteiger partial charge >= 0.3 is 0 Å². The van der Waals surface area contributed by atoms with Gasteiger partial charge in [0, 0.05) is 40.1 Å². The molecule has 3 heterocycles. The Morgan fingerprint density at radius 3 is 2.84 bits per heavy atom. The number of H-pyrrole nitrogens is 1. The van der Waals surface area contributed by atoms with Crippen LogP contribution in [0, 0.1) is 0 Å². The van der Waals surface area contributed by atoms with Crippen LogP contribution in [0.1, 0.15) is 10.5 Å². The number of hydrogen-bond donors (Lipinski definition) is 1. The highest BCUT2D eigenvalue weighted by molar-refractivity contribution is 5.93. The van der Waals surface area contributed by atoms with Crippen molar-refractivity contribution in [3.63, 3.8) is 0 Å². The molecule has 3 atom stereocenters. The van der Waals surface area contributed by atoms with Crippen LogP contribution in [0.3, 0.4) is 0 Å². The molecule has 9 nitrogen and oxygen atoms in total. The normalized spacial score (nSPS) is 23.6. The Kier molecular flexibility index (Phi) is 5.16. The monoisotopic (exact) mass is 349 g/mol. The van der Waals surface area contributed by atoms with Gasteiger partial charge in [0.1, 0.15) is 17.9 Å². The predicted molar refractivity (Wildman–Crippen MR) is 89.1 cm³/mol. The average molecular weight is 349 g/mol. The Balaban J connectivity index is 1.77. The second-order valence-electron chi connectivity index (χ2n) is 6.06. The minimum Gasteiger partial charge on any atom is -0.376 e. The van der Waals surface area contributed by atoms with Crippen molar-refractivity contribution < 1.29 is 19.0 Å². The molecule has 9 heteroatoms. The van der Waals surface area contributed by atoms with Crippen molar-refractivity contribution in [2.45, 2.75) is 18.2 Å². The first-order valence-corrected chi connectivity index (χ1v) is 8.00. The highest BCUT2D eigenvalue weighted by Crippen LogP contribution is 2.22.